The van der Waals surface area contributed by atoms with Crippen LogP contribution in [0.1, 0.15) is 0 Å². The highest BCUT2D eigenvalue weighted by molar-refractivity contribution is 6.30. The van der Waals surface area contributed by atoms with E-state index >= 15 is 0 Å². The van der Waals surface area contributed by atoms with Crippen molar-refractivity contribution in [3.8, 4) is 11.3 Å². The fourth-order valence-electron chi connectivity index (χ4n) is 1.05. The third kappa shape index (κ3) is 1.19. The summed E-state index contributed by atoms with van der Waals surface area (Å²) in [7, 11) is 0. The van der Waals surface area contributed by atoms with Crippen LogP contribution in [-0.4, -0.2) is 4.98 Å². The van der Waals surface area contributed by atoms with Gasteiger partial charge in [0.1, 0.15) is 5.15 Å². The summed E-state index contributed by atoms with van der Waals surface area (Å²) in [6, 6.07) is 11.7. The first-order valence-electron chi connectivity index (χ1n) is 3.37. The highest BCUT2D eigenvalue weighted by Gasteiger charge is 2.02. The zero-order valence-electron chi connectivity index (χ0n) is 5.79. The van der Waals surface area contributed by atoms with Crippen molar-refractivity contribution in [2.45, 2.75) is 0 Å². The van der Waals surface area contributed by atoms with Gasteiger partial charge in [-0.1, -0.05) is 35.9 Å². The van der Waals surface area contributed by atoms with Gasteiger partial charge in [0.2, 0.25) is 0 Å². The standard InChI is InChI=1S/C9H6ClN/c10-9-6-7-4-2-1-3-5-8(7)11-9/h1-6H. The van der Waals surface area contributed by atoms with Gasteiger partial charge in [-0.2, -0.15) is 0 Å². The number of aromatic nitrogens is 1. The summed E-state index contributed by atoms with van der Waals surface area (Å²) >= 11 is 5.72. The normalized spacial score (nSPS) is 10.3. The molecule has 0 aromatic rings. The third-order valence-corrected chi connectivity index (χ3v) is 1.74. The molecule has 0 N–H and O–H groups in total. The van der Waals surface area contributed by atoms with E-state index < -0.39 is 0 Å². The molecule has 0 unspecified atom stereocenters. The maximum absolute atomic E-state index is 5.72. The van der Waals surface area contributed by atoms with Crippen LogP contribution in [0.5, 0.6) is 0 Å². The predicted molar refractivity (Wildman–Crippen MR) is 45.9 cm³/mol. The van der Waals surface area contributed by atoms with Crippen LogP contribution in [0.25, 0.3) is 11.3 Å². The molecule has 11 heavy (non-hydrogen) atoms. The van der Waals surface area contributed by atoms with E-state index in [0.29, 0.717) is 5.15 Å². The fraction of sp³-hybridized carbons (Fsp3) is 0. The smallest absolute Gasteiger partial charge is 0.130 e. The first-order valence-corrected chi connectivity index (χ1v) is 3.75. The van der Waals surface area contributed by atoms with Crippen molar-refractivity contribution < 1.29 is 0 Å². The summed E-state index contributed by atoms with van der Waals surface area (Å²) in [5.74, 6) is 0. The Kier molecular flexibility index (Phi) is 1.51. The van der Waals surface area contributed by atoms with Gasteiger partial charge in [0.25, 0.3) is 0 Å². The second-order valence-corrected chi connectivity index (χ2v) is 2.72. The lowest BCUT2D eigenvalue weighted by Gasteiger charge is -1.83. The topological polar surface area (TPSA) is 12.9 Å². The van der Waals surface area contributed by atoms with Gasteiger partial charge in [-0.3, -0.25) is 0 Å². The molecule has 1 heterocycles. The van der Waals surface area contributed by atoms with E-state index in [0.717, 1.165) is 11.3 Å². The Morgan fingerprint density at radius 2 is 1.91 bits per heavy atom. The van der Waals surface area contributed by atoms with Gasteiger partial charge in [-0.15, -0.1) is 0 Å². The summed E-state index contributed by atoms with van der Waals surface area (Å²) in [5, 5.41) is 0.561. The van der Waals surface area contributed by atoms with Crippen LogP contribution in [-0.2, 0) is 0 Å². The SMILES string of the molecule is Clc1cc2cccccc-2n1. The van der Waals surface area contributed by atoms with Gasteiger partial charge in [0.05, 0.1) is 5.69 Å². The lowest BCUT2D eigenvalue weighted by molar-refractivity contribution is 1.42. The molecular formula is C9H6ClN. The van der Waals surface area contributed by atoms with Gasteiger partial charge in [-0.05, 0) is 12.1 Å². The predicted octanol–water partition coefficient (Wildman–Crippen LogP) is 2.84. The zero-order valence-corrected chi connectivity index (χ0v) is 6.55. The summed E-state index contributed by atoms with van der Waals surface area (Å²) < 4.78 is 0. The largest absolute Gasteiger partial charge is 0.236 e. The Labute approximate surface area is 70.0 Å². The number of fused-ring (bicyclic) bond motifs is 1. The molecule has 0 radical (unpaired) electrons. The second kappa shape index (κ2) is 2.51. The van der Waals surface area contributed by atoms with Gasteiger partial charge in [-0.25, -0.2) is 4.98 Å². The van der Waals surface area contributed by atoms with Crippen molar-refractivity contribution in [2.24, 2.45) is 0 Å². The summed E-state index contributed by atoms with van der Waals surface area (Å²) in [6.07, 6.45) is 0. The van der Waals surface area contributed by atoms with Crippen LogP contribution in [0.2, 0.25) is 5.15 Å². The maximum Gasteiger partial charge on any atom is 0.130 e. The quantitative estimate of drug-likeness (QED) is 0.582. The van der Waals surface area contributed by atoms with E-state index in [-0.39, 0.29) is 0 Å². The minimum atomic E-state index is 0.561. The van der Waals surface area contributed by atoms with E-state index in [9.17, 15) is 0 Å². The summed E-state index contributed by atoms with van der Waals surface area (Å²) in [4.78, 5) is 4.12. The minimum Gasteiger partial charge on any atom is -0.236 e. The molecule has 0 aromatic heterocycles. The highest BCUT2D eigenvalue weighted by Crippen LogP contribution is 2.22. The Morgan fingerprint density at radius 3 is 2.82 bits per heavy atom. The molecule has 0 amide bonds. The Balaban J connectivity index is 2.73. The van der Waals surface area contributed by atoms with Crippen molar-refractivity contribution in [3.05, 3.63) is 41.6 Å². The molecule has 0 fully saturated rings. The average molecular weight is 164 g/mol. The van der Waals surface area contributed by atoms with Gasteiger partial charge in [0.15, 0.2) is 0 Å². The van der Waals surface area contributed by atoms with E-state index in [2.05, 4.69) is 4.98 Å². The van der Waals surface area contributed by atoms with Crippen LogP contribution < -0.4 is 0 Å². The van der Waals surface area contributed by atoms with Crippen molar-refractivity contribution in [1.29, 1.82) is 0 Å². The molecule has 2 rings (SSSR count). The molecule has 1 aliphatic heterocycles. The van der Waals surface area contributed by atoms with Gasteiger partial charge >= 0.3 is 0 Å². The summed E-state index contributed by atoms with van der Waals surface area (Å²) in [5.41, 5.74) is 2.03. The zero-order chi connectivity index (χ0) is 7.68. The monoisotopic (exact) mass is 163 g/mol. The molecule has 1 nitrogen and oxygen atoms in total. The molecule has 1 aliphatic carbocycles. The minimum absolute atomic E-state index is 0.561. The lowest BCUT2D eigenvalue weighted by atomic mass is 10.2. The van der Waals surface area contributed by atoms with Crippen molar-refractivity contribution >= 4 is 11.6 Å². The first kappa shape index (κ1) is 6.62. The molecule has 2 aliphatic rings. The lowest BCUT2D eigenvalue weighted by Crippen LogP contribution is -1.66. The van der Waals surface area contributed by atoms with Crippen molar-refractivity contribution in [3.63, 3.8) is 0 Å². The second-order valence-electron chi connectivity index (χ2n) is 2.33. The molecule has 2 heteroatoms. The van der Waals surface area contributed by atoms with Crippen LogP contribution in [0.3, 0.4) is 0 Å². The molecule has 0 bridgehead atoms. The molecule has 0 saturated heterocycles. The summed E-state index contributed by atoms with van der Waals surface area (Å²) in [6.45, 7) is 0. The Bertz CT molecular complexity index is 315. The number of nitrogens with zero attached hydrogens (tertiary/aromatic N) is 1. The molecule has 0 aromatic carbocycles. The molecular weight excluding hydrogens is 158 g/mol. The van der Waals surface area contributed by atoms with Crippen LogP contribution in [0.15, 0.2) is 36.4 Å². The fourth-order valence-corrected chi connectivity index (χ4v) is 1.26. The maximum atomic E-state index is 5.72. The van der Waals surface area contributed by atoms with Crippen molar-refractivity contribution in [2.75, 3.05) is 0 Å². The molecule has 0 saturated carbocycles. The van der Waals surface area contributed by atoms with E-state index in [4.69, 9.17) is 11.6 Å². The first-order chi connectivity index (χ1) is 5.36. The van der Waals surface area contributed by atoms with Crippen molar-refractivity contribution in [1.82, 2.24) is 4.98 Å². The Morgan fingerprint density at radius 1 is 1.09 bits per heavy atom. The number of hydrogen-bond acceptors (Lipinski definition) is 1. The number of halogens is 1. The third-order valence-electron chi connectivity index (χ3n) is 1.55. The highest BCUT2D eigenvalue weighted by atomic mass is 35.5. The number of rotatable bonds is 0. The van der Waals surface area contributed by atoms with Gasteiger partial charge in [0, 0.05) is 5.56 Å². The molecule has 54 valence electrons. The van der Waals surface area contributed by atoms with E-state index in [1.54, 1.807) is 0 Å². The number of hydrogen-bond donors (Lipinski definition) is 0. The van der Waals surface area contributed by atoms with Crippen LogP contribution in [0.4, 0.5) is 0 Å². The Hall–Kier alpha value is -1.08. The van der Waals surface area contributed by atoms with Gasteiger partial charge < -0.3 is 0 Å². The molecule has 0 atom stereocenters. The molecule has 0 spiro atoms. The van der Waals surface area contributed by atoms with E-state index in [1.165, 1.54) is 0 Å². The average Bonchev–Trinajstić information content (AvgIpc) is 2.17. The van der Waals surface area contributed by atoms with Crippen LogP contribution >= 0.6 is 11.6 Å². The van der Waals surface area contributed by atoms with E-state index in [1.807, 2.05) is 36.4 Å². The van der Waals surface area contributed by atoms with Crippen LogP contribution in [0, 0.1) is 0 Å².